The minimum Gasteiger partial charge on any atom is -0.372 e. The molecule has 0 unspecified atom stereocenters. The van der Waals surface area contributed by atoms with Crippen molar-refractivity contribution in [3.63, 3.8) is 0 Å². The summed E-state index contributed by atoms with van der Waals surface area (Å²) in [5, 5.41) is 2.46. The normalized spacial score (nSPS) is 19.3. The fourth-order valence-corrected chi connectivity index (χ4v) is 1.59. The van der Waals surface area contributed by atoms with Gasteiger partial charge in [0, 0.05) is 26.2 Å². The van der Waals surface area contributed by atoms with Crippen molar-refractivity contribution in [1.29, 1.82) is 0 Å². The summed E-state index contributed by atoms with van der Waals surface area (Å²) in [6, 6.07) is 0. The highest BCUT2D eigenvalue weighted by Gasteiger charge is 2.32. The Bertz CT molecular complexity index is 278. The number of nitrogens with zero attached hydrogens (tertiary/aromatic N) is 1. The van der Waals surface area contributed by atoms with Crippen molar-refractivity contribution in [2.75, 3.05) is 32.8 Å². The van der Waals surface area contributed by atoms with Crippen LogP contribution in [0, 0.1) is 0 Å². The Morgan fingerprint density at radius 3 is 2.75 bits per heavy atom. The number of carbonyl (C=O) groups is 2. The molecule has 0 aromatic heterocycles. The van der Waals surface area contributed by atoms with Gasteiger partial charge >= 0.3 is 11.8 Å². The second kappa shape index (κ2) is 5.27. The molecule has 1 fully saturated rings. The van der Waals surface area contributed by atoms with Crippen molar-refractivity contribution in [3.05, 3.63) is 0 Å². The molecule has 1 aliphatic rings. The smallest absolute Gasteiger partial charge is 0.312 e. The van der Waals surface area contributed by atoms with Crippen LogP contribution in [-0.4, -0.2) is 55.1 Å². The van der Waals surface area contributed by atoms with Crippen molar-refractivity contribution in [2.45, 2.75) is 19.4 Å². The van der Waals surface area contributed by atoms with Crippen LogP contribution in [0.4, 0.5) is 0 Å². The van der Waals surface area contributed by atoms with Crippen molar-refractivity contribution in [1.82, 2.24) is 10.2 Å². The lowest BCUT2D eigenvalue weighted by molar-refractivity contribution is -0.155. The van der Waals surface area contributed by atoms with Gasteiger partial charge in [-0.3, -0.25) is 9.59 Å². The summed E-state index contributed by atoms with van der Waals surface area (Å²) in [6.07, 6.45) is 0. The lowest BCUT2D eigenvalue weighted by atomic mass is 10.1. The van der Waals surface area contributed by atoms with Crippen LogP contribution in [0.3, 0.4) is 0 Å². The molecule has 0 saturated carbocycles. The first kappa shape index (κ1) is 12.9. The number of amides is 2. The van der Waals surface area contributed by atoms with E-state index in [-0.39, 0.29) is 5.60 Å². The molecule has 92 valence electrons. The molecule has 0 spiro atoms. The average molecular weight is 229 g/mol. The molecule has 3 N–H and O–H groups in total. The van der Waals surface area contributed by atoms with Gasteiger partial charge in [0.1, 0.15) is 0 Å². The molecule has 1 heterocycles. The van der Waals surface area contributed by atoms with E-state index in [2.05, 4.69) is 5.32 Å². The molecule has 1 aliphatic heterocycles. The van der Waals surface area contributed by atoms with Gasteiger partial charge < -0.3 is 20.7 Å². The first-order valence-corrected chi connectivity index (χ1v) is 5.37. The van der Waals surface area contributed by atoms with E-state index in [1.807, 2.05) is 13.8 Å². The van der Waals surface area contributed by atoms with Gasteiger partial charge in [0.15, 0.2) is 0 Å². The van der Waals surface area contributed by atoms with Gasteiger partial charge in [0.25, 0.3) is 0 Å². The molecular weight excluding hydrogens is 210 g/mol. The Kier molecular flexibility index (Phi) is 4.26. The largest absolute Gasteiger partial charge is 0.372 e. The lowest BCUT2D eigenvalue weighted by Gasteiger charge is -2.37. The molecule has 6 heteroatoms. The van der Waals surface area contributed by atoms with Crippen molar-refractivity contribution in [2.24, 2.45) is 5.73 Å². The highest BCUT2D eigenvalue weighted by molar-refractivity contribution is 6.35. The molecule has 1 saturated heterocycles. The second-order valence-electron chi connectivity index (χ2n) is 4.38. The van der Waals surface area contributed by atoms with E-state index in [9.17, 15) is 9.59 Å². The number of hydrogen-bond donors (Lipinski definition) is 2. The monoisotopic (exact) mass is 229 g/mol. The molecule has 0 aromatic rings. The van der Waals surface area contributed by atoms with Crippen molar-refractivity contribution >= 4 is 11.8 Å². The molecule has 2 amide bonds. The molecule has 0 aromatic carbocycles. The molecule has 0 aliphatic carbocycles. The standard InChI is InChI=1S/C10H19N3O3/c1-10(2)7-13(5-6-16-10)9(15)8(14)12-4-3-11/h3-7,11H2,1-2H3,(H,12,14). The summed E-state index contributed by atoms with van der Waals surface area (Å²) in [7, 11) is 0. The number of hydrogen-bond acceptors (Lipinski definition) is 4. The zero-order valence-corrected chi connectivity index (χ0v) is 9.78. The first-order valence-electron chi connectivity index (χ1n) is 5.37. The van der Waals surface area contributed by atoms with Crippen LogP contribution < -0.4 is 11.1 Å². The van der Waals surface area contributed by atoms with Gasteiger partial charge in [-0.2, -0.15) is 0 Å². The van der Waals surface area contributed by atoms with Crippen LogP contribution in [0.5, 0.6) is 0 Å². The van der Waals surface area contributed by atoms with E-state index in [0.29, 0.717) is 32.8 Å². The third-order valence-corrected chi connectivity index (χ3v) is 2.34. The average Bonchev–Trinajstić information content (AvgIpc) is 2.23. The van der Waals surface area contributed by atoms with E-state index in [0.717, 1.165) is 0 Å². The van der Waals surface area contributed by atoms with E-state index in [1.54, 1.807) is 0 Å². The highest BCUT2D eigenvalue weighted by atomic mass is 16.5. The van der Waals surface area contributed by atoms with E-state index >= 15 is 0 Å². The number of rotatable bonds is 2. The molecule has 0 atom stereocenters. The predicted octanol–water partition coefficient (Wildman–Crippen LogP) is -1.30. The SMILES string of the molecule is CC1(C)CN(C(=O)C(=O)NCCN)CCO1. The number of nitrogens with one attached hydrogen (secondary N) is 1. The maximum atomic E-state index is 11.7. The summed E-state index contributed by atoms with van der Waals surface area (Å²) in [4.78, 5) is 24.6. The molecule has 16 heavy (non-hydrogen) atoms. The summed E-state index contributed by atoms with van der Waals surface area (Å²) < 4.78 is 5.46. The molecule has 0 bridgehead atoms. The van der Waals surface area contributed by atoms with Gasteiger partial charge in [-0.25, -0.2) is 0 Å². The molecular formula is C10H19N3O3. The fraction of sp³-hybridized carbons (Fsp3) is 0.800. The summed E-state index contributed by atoms with van der Waals surface area (Å²) in [5.41, 5.74) is 4.85. The Balaban J connectivity index is 2.50. The van der Waals surface area contributed by atoms with Crippen LogP contribution >= 0.6 is 0 Å². The summed E-state index contributed by atoms with van der Waals surface area (Å²) >= 11 is 0. The number of nitrogens with two attached hydrogens (primary N) is 1. The van der Waals surface area contributed by atoms with Crippen LogP contribution in [-0.2, 0) is 14.3 Å². The van der Waals surface area contributed by atoms with Crippen LogP contribution in [0.2, 0.25) is 0 Å². The third kappa shape index (κ3) is 3.46. The zero-order valence-electron chi connectivity index (χ0n) is 9.78. The topological polar surface area (TPSA) is 84.7 Å². The van der Waals surface area contributed by atoms with Crippen molar-refractivity contribution in [3.8, 4) is 0 Å². The number of morpholine rings is 1. The minimum atomic E-state index is -0.594. The summed E-state index contributed by atoms with van der Waals surface area (Å²) in [6.45, 7) is 5.78. The van der Waals surface area contributed by atoms with E-state index in [4.69, 9.17) is 10.5 Å². The zero-order chi connectivity index (χ0) is 12.2. The second-order valence-corrected chi connectivity index (χ2v) is 4.38. The maximum Gasteiger partial charge on any atom is 0.312 e. The quantitative estimate of drug-likeness (QED) is 0.576. The Morgan fingerprint density at radius 1 is 1.50 bits per heavy atom. The van der Waals surface area contributed by atoms with Gasteiger partial charge in [0.05, 0.1) is 12.2 Å². The Labute approximate surface area is 95.1 Å². The Hall–Kier alpha value is -1.14. The Morgan fingerprint density at radius 2 is 2.19 bits per heavy atom. The van der Waals surface area contributed by atoms with E-state index < -0.39 is 11.8 Å². The van der Waals surface area contributed by atoms with Gasteiger partial charge in [-0.1, -0.05) is 0 Å². The van der Waals surface area contributed by atoms with Gasteiger partial charge in [-0.15, -0.1) is 0 Å². The molecule has 6 nitrogen and oxygen atoms in total. The number of carbonyl (C=O) groups excluding carboxylic acids is 2. The number of ether oxygens (including phenoxy) is 1. The third-order valence-electron chi connectivity index (χ3n) is 2.34. The molecule has 1 rings (SSSR count). The van der Waals surface area contributed by atoms with Gasteiger partial charge in [0.2, 0.25) is 0 Å². The maximum absolute atomic E-state index is 11.7. The lowest BCUT2D eigenvalue weighted by Crippen LogP contribution is -2.54. The van der Waals surface area contributed by atoms with Gasteiger partial charge in [-0.05, 0) is 13.8 Å². The first-order chi connectivity index (χ1) is 7.46. The van der Waals surface area contributed by atoms with Crippen LogP contribution in [0.1, 0.15) is 13.8 Å². The fourth-order valence-electron chi connectivity index (χ4n) is 1.59. The van der Waals surface area contributed by atoms with Crippen molar-refractivity contribution < 1.29 is 14.3 Å². The summed E-state index contributed by atoms with van der Waals surface area (Å²) in [5.74, 6) is -1.10. The van der Waals surface area contributed by atoms with Crippen LogP contribution in [0.25, 0.3) is 0 Å². The molecule has 0 radical (unpaired) electrons. The van der Waals surface area contributed by atoms with Crippen LogP contribution in [0.15, 0.2) is 0 Å². The highest BCUT2D eigenvalue weighted by Crippen LogP contribution is 2.16. The van der Waals surface area contributed by atoms with E-state index in [1.165, 1.54) is 4.90 Å². The predicted molar refractivity (Wildman–Crippen MR) is 58.7 cm³/mol. The minimum absolute atomic E-state index is 0.318.